The van der Waals surface area contributed by atoms with Crippen LogP contribution in [0.15, 0.2) is 65.6 Å². The van der Waals surface area contributed by atoms with Gasteiger partial charge < -0.3 is 18.9 Å². The summed E-state index contributed by atoms with van der Waals surface area (Å²) < 4.78 is 41.1. The third-order valence-electron chi connectivity index (χ3n) is 7.01. The van der Waals surface area contributed by atoms with Crippen molar-refractivity contribution in [2.75, 3.05) is 30.5 Å². The molecule has 0 atom stereocenters. The van der Waals surface area contributed by atoms with Crippen LogP contribution in [0.25, 0.3) is 16.6 Å². The van der Waals surface area contributed by atoms with E-state index < -0.39 is 23.0 Å². The number of aromatic nitrogens is 1. The Hall–Kier alpha value is -4.23. The molecule has 0 aliphatic heterocycles. The van der Waals surface area contributed by atoms with Gasteiger partial charge in [-0.05, 0) is 56.2 Å². The van der Waals surface area contributed by atoms with Crippen molar-refractivity contribution in [3.05, 3.63) is 93.8 Å². The molecule has 4 aromatic rings. The Morgan fingerprint density at radius 3 is 2.37 bits per heavy atom. The van der Waals surface area contributed by atoms with E-state index in [2.05, 4.69) is 22.0 Å². The van der Waals surface area contributed by atoms with E-state index >= 15 is 0 Å². The van der Waals surface area contributed by atoms with Crippen LogP contribution in [0.4, 0.5) is 14.5 Å². The van der Waals surface area contributed by atoms with Crippen molar-refractivity contribution in [1.29, 1.82) is 5.26 Å². The lowest BCUT2D eigenvalue weighted by atomic mass is 10.1. The number of carbonyl (C=O) groups excluding carboxylic acids is 1. The molecule has 0 saturated heterocycles. The second-order valence-electron chi connectivity index (χ2n) is 9.93. The van der Waals surface area contributed by atoms with Gasteiger partial charge in [-0.1, -0.05) is 35.2 Å². The Bertz CT molecular complexity index is 1700. The van der Waals surface area contributed by atoms with E-state index in [4.69, 9.17) is 9.47 Å². The van der Waals surface area contributed by atoms with Gasteiger partial charge in [0.15, 0.2) is 0 Å². The Morgan fingerprint density at radius 1 is 0.977 bits per heavy atom. The molecule has 0 saturated carbocycles. The van der Waals surface area contributed by atoms with E-state index in [1.165, 1.54) is 13.3 Å². The molecule has 7 nitrogen and oxygen atoms in total. The van der Waals surface area contributed by atoms with Crippen LogP contribution in [0.5, 0.6) is 11.5 Å². The van der Waals surface area contributed by atoms with Crippen LogP contribution < -0.4 is 19.8 Å². The Balaban J connectivity index is 1.81. The first-order valence-electron chi connectivity index (χ1n) is 14.0. The lowest BCUT2D eigenvalue weighted by Crippen LogP contribution is -2.35. The van der Waals surface area contributed by atoms with E-state index in [-0.39, 0.29) is 23.2 Å². The second-order valence-corrected chi connectivity index (χ2v) is 10.7. The first-order valence-corrected chi connectivity index (χ1v) is 15.2. The first kappa shape index (κ1) is 31.7. The monoisotopic (exact) mass is 651 g/mol. The van der Waals surface area contributed by atoms with Gasteiger partial charge in [0.25, 0.3) is 5.91 Å². The fraction of sp³-hybridized carbons (Fsp3) is 0.303. The van der Waals surface area contributed by atoms with E-state index in [9.17, 15) is 23.6 Å². The van der Waals surface area contributed by atoms with Crippen LogP contribution in [-0.4, -0.2) is 36.1 Å². The Kier molecular flexibility index (Phi) is 10.9. The maximum absolute atomic E-state index is 14.0. The summed E-state index contributed by atoms with van der Waals surface area (Å²) in [7, 11) is 1.47. The number of rotatable bonds is 13. The summed E-state index contributed by atoms with van der Waals surface area (Å²) in [6.45, 7) is 2.21. The van der Waals surface area contributed by atoms with Crippen LogP contribution in [0.2, 0.25) is 0 Å². The number of nitriles is 1. The number of fused-ring (bicyclic) bond motifs is 1. The van der Waals surface area contributed by atoms with Crippen molar-refractivity contribution in [1.82, 2.24) is 4.57 Å². The van der Waals surface area contributed by atoms with Crippen LogP contribution in [-0.2, 0) is 0 Å². The van der Waals surface area contributed by atoms with Crippen molar-refractivity contribution in [2.45, 2.75) is 39.0 Å². The van der Waals surface area contributed by atoms with Crippen molar-refractivity contribution in [3.63, 3.8) is 0 Å². The van der Waals surface area contributed by atoms with Crippen LogP contribution in [0.3, 0.4) is 0 Å². The number of hydrogen-bond acceptors (Lipinski definition) is 5. The highest BCUT2D eigenvalue weighted by atomic mass is 79.9. The lowest BCUT2D eigenvalue weighted by molar-refractivity contribution is 0.0987. The molecule has 0 aliphatic carbocycles. The topological polar surface area (TPSA) is 84.6 Å². The molecule has 1 heterocycles. The van der Waals surface area contributed by atoms with Gasteiger partial charge in [-0.2, -0.15) is 5.26 Å². The summed E-state index contributed by atoms with van der Waals surface area (Å²) >= 11 is 3.44. The number of methoxy groups -OCH3 is 1. The minimum atomic E-state index is -0.843. The fourth-order valence-electron chi connectivity index (χ4n) is 4.87. The number of unbranched alkanes of at least 4 members (excludes halogenated alkanes) is 4. The number of nitrogens with zero attached hydrogens (tertiary/aromatic N) is 3. The summed E-state index contributed by atoms with van der Waals surface area (Å²) in [5, 5.41) is 10.9. The van der Waals surface area contributed by atoms with Crippen LogP contribution >= 0.6 is 15.9 Å². The molecule has 1 amide bonds. The molecule has 0 aliphatic rings. The average Bonchev–Trinajstić information content (AvgIpc) is 3.00. The van der Waals surface area contributed by atoms with Gasteiger partial charge in [0.05, 0.1) is 36.6 Å². The summed E-state index contributed by atoms with van der Waals surface area (Å²) in [6.07, 6.45) is 6.73. The fourth-order valence-corrected chi connectivity index (χ4v) is 5.26. The molecule has 0 spiro atoms. The smallest absolute Gasteiger partial charge is 0.263 e. The number of hydrogen-bond donors (Lipinski definition) is 0. The molecule has 0 fully saturated rings. The summed E-state index contributed by atoms with van der Waals surface area (Å²) in [6, 6.07) is 14.8. The number of ether oxygens (including phenoxy) is 2. The van der Waals surface area contributed by atoms with Crippen molar-refractivity contribution in [2.24, 2.45) is 0 Å². The standard InChI is InChI=1S/C33H32BrF2N3O4/c1-3-38(26-16-23(35)15-24(36)17-26)33(41)30-21-39(25-13-22(20-37)14-28(18-25)42-2)31-19-27(9-10-29(31)32(30)40)43-12-8-6-4-5-7-11-34/h9-10,13-19,21H,3-8,11-12H2,1-2H3. The molecule has 0 N–H and O–H groups in total. The molecule has 10 heteroatoms. The van der Waals surface area contributed by atoms with Gasteiger partial charge in [0.2, 0.25) is 5.43 Å². The number of carbonyl (C=O) groups is 1. The molecule has 43 heavy (non-hydrogen) atoms. The van der Waals surface area contributed by atoms with Crippen LogP contribution in [0, 0.1) is 23.0 Å². The minimum Gasteiger partial charge on any atom is -0.497 e. The van der Waals surface area contributed by atoms with Crippen molar-refractivity contribution in [3.8, 4) is 23.3 Å². The summed E-state index contributed by atoms with van der Waals surface area (Å²) in [5.41, 5.74) is 0.463. The zero-order valence-corrected chi connectivity index (χ0v) is 25.6. The molecule has 1 aromatic heterocycles. The van der Waals surface area contributed by atoms with E-state index in [0.29, 0.717) is 40.9 Å². The Morgan fingerprint density at radius 2 is 1.70 bits per heavy atom. The van der Waals surface area contributed by atoms with E-state index in [1.54, 1.807) is 47.9 Å². The number of alkyl halides is 1. The van der Waals surface area contributed by atoms with Crippen LogP contribution in [0.1, 0.15) is 54.9 Å². The normalized spacial score (nSPS) is 10.9. The van der Waals surface area contributed by atoms with E-state index in [0.717, 1.165) is 54.5 Å². The first-order chi connectivity index (χ1) is 20.8. The zero-order chi connectivity index (χ0) is 30.9. The Labute approximate surface area is 257 Å². The molecular weight excluding hydrogens is 620 g/mol. The quantitative estimate of drug-likeness (QED) is 0.110. The number of halogens is 3. The van der Waals surface area contributed by atoms with Gasteiger partial charge in [-0.3, -0.25) is 9.59 Å². The zero-order valence-electron chi connectivity index (χ0n) is 24.0. The minimum absolute atomic E-state index is 0.0138. The number of amides is 1. The molecule has 0 radical (unpaired) electrons. The van der Waals surface area contributed by atoms with Crippen molar-refractivity contribution < 1.29 is 23.0 Å². The average molecular weight is 653 g/mol. The molecule has 0 bridgehead atoms. The highest BCUT2D eigenvalue weighted by Crippen LogP contribution is 2.27. The molecule has 3 aromatic carbocycles. The van der Waals surface area contributed by atoms with Crippen molar-refractivity contribution >= 4 is 38.4 Å². The number of pyridine rings is 1. The van der Waals surface area contributed by atoms with Gasteiger partial charge in [0.1, 0.15) is 28.7 Å². The number of benzene rings is 3. The third-order valence-corrected chi connectivity index (χ3v) is 7.57. The summed E-state index contributed by atoms with van der Waals surface area (Å²) in [5.74, 6) is -1.45. The van der Waals surface area contributed by atoms with Gasteiger partial charge in [-0.25, -0.2) is 8.78 Å². The maximum Gasteiger partial charge on any atom is 0.263 e. The second kappa shape index (κ2) is 14.8. The lowest BCUT2D eigenvalue weighted by Gasteiger charge is -2.22. The maximum atomic E-state index is 14.0. The van der Waals surface area contributed by atoms with Gasteiger partial charge >= 0.3 is 0 Å². The SMILES string of the molecule is CCN(C(=O)c1cn(-c2cc(C#N)cc(OC)c2)c2cc(OCCCCCCCBr)ccc2c1=O)c1cc(F)cc(F)c1. The summed E-state index contributed by atoms with van der Waals surface area (Å²) in [4.78, 5) is 28.7. The van der Waals surface area contributed by atoms with Gasteiger partial charge in [-0.15, -0.1) is 0 Å². The van der Waals surface area contributed by atoms with E-state index in [1.807, 2.05) is 0 Å². The van der Waals surface area contributed by atoms with Gasteiger partial charge in [0, 0.05) is 47.3 Å². The molecule has 0 unspecified atom stereocenters. The third kappa shape index (κ3) is 7.59. The predicted octanol–water partition coefficient (Wildman–Crippen LogP) is 7.54. The highest BCUT2D eigenvalue weighted by Gasteiger charge is 2.23. The molecule has 4 rings (SSSR count). The molecule has 224 valence electrons. The largest absolute Gasteiger partial charge is 0.497 e. The highest BCUT2D eigenvalue weighted by molar-refractivity contribution is 9.09. The number of anilines is 1. The molecular formula is C33H32BrF2N3O4. The predicted molar refractivity (Wildman–Crippen MR) is 167 cm³/mol.